The Bertz CT molecular complexity index is 291. The smallest absolute Gasteiger partial charge is 0.0944 e. The molecule has 0 saturated carbocycles. The lowest BCUT2D eigenvalue weighted by Gasteiger charge is -2.20. The van der Waals surface area contributed by atoms with Gasteiger partial charge in [-0.1, -0.05) is 11.8 Å². The van der Waals surface area contributed by atoms with Gasteiger partial charge in [-0.3, -0.25) is 4.68 Å². The third kappa shape index (κ3) is 2.74. The van der Waals surface area contributed by atoms with Gasteiger partial charge in [0.25, 0.3) is 0 Å². The number of nitrogens with two attached hydrogens (primary N) is 1. The van der Waals surface area contributed by atoms with Crippen LogP contribution in [0.2, 0.25) is 0 Å². The van der Waals surface area contributed by atoms with Crippen LogP contribution >= 0.6 is 11.8 Å². The normalized spacial score (nSPS) is 12.1. The molecular formula is C9H17N3S. The molecule has 13 heavy (non-hydrogen) atoms. The Morgan fingerprint density at radius 3 is 2.62 bits per heavy atom. The highest BCUT2D eigenvalue weighted by Crippen LogP contribution is 2.31. The van der Waals surface area contributed by atoms with Gasteiger partial charge in [-0.2, -0.15) is 5.10 Å². The van der Waals surface area contributed by atoms with Gasteiger partial charge in [0, 0.05) is 18.3 Å². The molecule has 1 rings (SSSR count). The van der Waals surface area contributed by atoms with Crippen LogP contribution in [-0.2, 0) is 7.05 Å². The SMILES string of the molecule is Cc1cc(SC(C)(C)CN)n(C)n1. The summed E-state index contributed by atoms with van der Waals surface area (Å²) in [7, 11) is 1.96. The number of thioether (sulfide) groups is 1. The lowest BCUT2D eigenvalue weighted by atomic mass is 10.2. The van der Waals surface area contributed by atoms with E-state index in [1.165, 1.54) is 5.03 Å². The second-order valence-electron chi connectivity index (χ2n) is 3.81. The molecule has 0 aliphatic rings. The number of rotatable bonds is 3. The van der Waals surface area contributed by atoms with Crippen LogP contribution in [-0.4, -0.2) is 21.1 Å². The van der Waals surface area contributed by atoms with Crippen molar-refractivity contribution in [1.82, 2.24) is 9.78 Å². The first kappa shape index (κ1) is 10.6. The summed E-state index contributed by atoms with van der Waals surface area (Å²) in [6.07, 6.45) is 0. The maximum absolute atomic E-state index is 5.66. The van der Waals surface area contributed by atoms with Crippen molar-refractivity contribution >= 4 is 11.8 Å². The molecule has 1 aromatic heterocycles. The maximum atomic E-state index is 5.66. The quantitative estimate of drug-likeness (QED) is 0.751. The fourth-order valence-electron chi connectivity index (χ4n) is 1.01. The average Bonchev–Trinajstić information content (AvgIpc) is 2.30. The van der Waals surface area contributed by atoms with Crippen molar-refractivity contribution in [2.45, 2.75) is 30.5 Å². The van der Waals surface area contributed by atoms with Crippen LogP contribution in [0.4, 0.5) is 0 Å². The molecule has 0 aliphatic carbocycles. The van der Waals surface area contributed by atoms with Crippen LogP contribution in [0.3, 0.4) is 0 Å². The molecule has 0 atom stereocenters. The molecule has 3 nitrogen and oxygen atoms in total. The standard InChI is InChI=1S/C9H17N3S/c1-7-5-8(12(4)11-7)13-9(2,3)6-10/h5H,6,10H2,1-4H3. The fraction of sp³-hybridized carbons (Fsp3) is 0.667. The van der Waals surface area contributed by atoms with E-state index in [1.54, 1.807) is 11.8 Å². The minimum atomic E-state index is 0.0836. The topological polar surface area (TPSA) is 43.8 Å². The molecule has 0 aromatic carbocycles. The molecule has 2 N–H and O–H groups in total. The van der Waals surface area contributed by atoms with E-state index in [4.69, 9.17) is 5.73 Å². The molecule has 1 heterocycles. The highest BCUT2D eigenvalue weighted by atomic mass is 32.2. The second-order valence-corrected chi connectivity index (χ2v) is 5.54. The molecule has 0 saturated heterocycles. The van der Waals surface area contributed by atoms with Crippen molar-refractivity contribution in [3.05, 3.63) is 11.8 Å². The van der Waals surface area contributed by atoms with E-state index < -0.39 is 0 Å². The zero-order valence-electron chi connectivity index (χ0n) is 8.66. The minimum absolute atomic E-state index is 0.0836. The molecule has 0 unspecified atom stereocenters. The van der Waals surface area contributed by atoms with E-state index in [0.29, 0.717) is 6.54 Å². The predicted molar refractivity (Wildman–Crippen MR) is 56.9 cm³/mol. The van der Waals surface area contributed by atoms with Gasteiger partial charge in [-0.25, -0.2) is 0 Å². The third-order valence-electron chi connectivity index (χ3n) is 1.83. The fourth-order valence-corrected chi connectivity index (χ4v) is 2.06. The molecule has 0 bridgehead atoms. The van der Waals surface area contributed by atoms with Crippen LogP contribution in [0.5, 0.6) is 0 Å². The van der Waals surface area contributed by atoms with Crippen molar-refractivity contribution in [3.8, 4) is 0 Å². The monoisotopic (exact) mass is 199 g/mol. The van der Waals surface area contributed by atoms with E-state index in [-0.39, 0.29) is 4.75 Å². The average molecular weight is 199 g/mol. The van der Waals surface area contributed by atoms with E-state index in [1.807, 2.05) is 18.7 Å². The first-order valence-electron chi connectivity index (χ1n) is 4.34. The third-order valence-corrected chi connectivity index (χ3v) is 3.14. The second kappa shape index (κ2) is 3.72. The van der Waals surface area contributed by atoms with Crippen LogP contribution in [0.25, 0.3) is 0 Å². The summed E-state index contributed by atoms with van der Waals surface area (Å²) in [5, 5.41) is 5.46. The molecule has 0 radical (unpaired) electrons. The summed E-state index contributed by atoms with van der Waals surface area (Å²) in [6, 6.07) is 2.09. The van der Waals surface area contributed by atoms with Crippen molar-refractivity contribution in [2.75, 3.05) is 6.54 Å². The molecule has 4 heteroatoms. The predicted octanol–water partition coefficient (Wildman–Crippen LogP) is 1.56. The van der Waals surface area contributed by atoms with Crippen molar-refractivity contribution in [3.63, 3.8) is 0 Å². The summed E-state index contributed by atoms with van der Waals surface area (Å²) in [5.74, 6) is 0. The zero-order chi connectivity index (χ0) is 10.1. The zero-order valence-corrected chi connectivity index (χ0v) is 9.48. The molecule has 0 spiro atoms. The Kier molecular flexibility index (Phi) is 3.03. The molecular weight excluding hydrogens is 182 g/mol. The van der Waals surface area contributed by atoms with E-state index in [9.17, 15) is 0 Å². The Labute approximate surface area is 83.7 Å². The van der Waals surface area contributed by atoms with Crippen molar-refractivity contribution < 1.29 is 0 Å². The Morgan fingerprint density at radius 1 is 1.62 bits per heavy atom. The Morgan fingerprint density at radius 2 is 2.23 bits per heavy atom. The van der Waals surface area contributed by atoms with Crippen molar-refractivity contribution in [2.24, 2.45) is 12.8 Å². The van der Waals surface area contributed by atoms with Gasteiger partial charge in [0.1, 0.15) is 0 Å². The summed E-state index contributed by atoms with van der Waals surface area (Å²) in [4.78, 5) is 0. The summed E-state index contributed by atoms with van der Waals surface area (Å²) >= 11 is 1.77. The lowest BCUT2D eigenvalue weighted by molar-refractivity contribution is 0.674. The van der Waals surface area contributed by atoms with Crippen LogP contribution in [0, 0.1) is 6.92 Å². The van der Waals surface area contributed by atoms with Gasteiger partial charge in [-0.15, -0.1) is 0 Å². The van der Waals surface area contributed by atoms with Crippen LogP contribution in [0.15, 0.2) is 11.1 Å². The van der Waals surface area contributed by atoms with E-state index in [2.05, 4.69) is 25.0 Å². The van der Waals surface area contributed by atoms with Gasteiger partial charge in [0.15, 0.2) is 0 Å². The molecule has 0 aliphatic heterocycles. The number of nitrogens with zero attached hydrogens (tertiary/aromatic N) is 2. The van der Waals surface area contributed by atoms with Gasteiger partial charge in [0.2, 0.25) is 0 Å². The number of hydrogen-bond donors (Lipinski definition) is 1. The van der Waals surface area contributed by atoms with Gasteiger partial charge in [-0.05, 0) is 26.8 Å². The summed E-state index contributed by atoms with van der Waals surface area (Å²) < 4.78 is 1.98. The highest BCUT2D eigenvalue weighted by molar-refractivity contribution is 8.00. The van der Waals surface area contributed by atoms with Crippen LogP contribution in [0.1, 0.15) is 19.5 Å². The Balaban J connectivity index is 2.79. The number of aryl methyl sites for hydroxylation is 2. The van der Waals surface area contributed by atoms with Crippen molar-refractivity contribution in [1.29, 1.82) is 0 Å². The summed E-state index contributed by atoms with van der Waals surface area (Å²) in [5.41, 5.74) is 6.71. The first-order chi connectivity index (χ1) is 5.94. The van der Waals surface area contributed by atoms with Gasteiger partial charge < -0.3 is 5.73 Å². The molecule has 0 amide bonds. The maximum Gasteiger partial charge on any atom is 0.0944 e. The Hall–Kier alpha value is -0.480. The van der Waals surface area contributed by atoms with Gasteiger partial charge >= 0.3 is 0 Å². The molecule has 1 aromatic rings. The highest BCUT2D eigenvalue weighted by Gasteiger charge is 2.19. The number of hydrogen-bond acceptors (Lipinski definition) is 3. The van der Waals surface area contributed by atoms with Crippen LogP contribution < -0.4 is 5.73 Å². The van der Waals surface area contributed by atoms with E-state index >= 15 is 0 Å². The summed E-state index contributed by atoms with van der Waals surface area (Å²) in [6.45, 7) is 6.95. The molecule has 0 fully saturated rings. The number of aromatic nitrogens is 2. The lowest BCUT2D eigenvalue weighted by Crippen LogP contribution is -2.26. The van der Waals surface area contributed by atoms with Gasteiger partial charge in [0.05, 0.1) is 10.7 Å². The molecule has 74 valence electrons. The first-order valence-corrected chi connectivity index (χ1v) is 5.16. The largest absolute Gasteiger partial charge is 0.329 e. The van der Waals surface area contributed by atoms with E-state index in [0.717, 1.165) is 5.69 Å². The minimum Gasteiger partial charge on any atom is -0.329 e.